The number of hydrogen-bond acceptors (Lipinski definition) is 12. The second kappa shape index (κ2) is 10.1. The maximum absolute atomic E-state index is 12.9. The van der Waals surface area contributed by atoms with E-state index >= 15 is 0 Å². The molecule has 2 amide bonds. The molecule has 0 aromatic carbocycles. The molecule has 5 rings (SSSR count). The Labute approximate surface area is 217 Å². The van der Waals surface area contributed by atoms with Crippen LogP contribution in [0.25, 0.3) is 0 Å². The lowest BCUT2D eigenvalue weighted by molar-refractivity contribution is -0.707. The number of nitrogen functional groups attached to an aromatic ring is 1. The summed E-state index contributed by atoms with van der Waals surface area (Å²) in [4.78, 5) is 43.6. The number of nitrogens with two attached hydrogens (primary N) is 1. The molecule has 15 heteroatoms. The van der Waals surface area contributed by atoms with E-state index in [2.05, 4.69) is 31.4 Å². The van der Waals surface area contributed by atoms with E-state index in [0.717, 1.165) is 46.5 Å². The summed E-state index contributed by atoms with van der Waals surface area (Å²) in [5.74, 6) is -2.08. The van der Waals surface area contributed by atoms with Crippen molar-refractivity contribution in [2.45, 2.75) is 29.4 Å². The van der Waals surface area contributed by atoms with E-state index in [-0.39, 0.29) is 22.2 Å². The lowest BCUT2D eigenvalue weighted by Crippen LogP contribution is -2.71. The van der Waals surface area contributed by atoms with Gasteiger partial charge in [-0.15, -0.1) is 34.9 Å². The Morgan fingerprint density at radius 2 is 2.31 bits per heavy atom. The number of carbonyl (C=O) groups is 3. The van der Waals surface area contributed by atoms with Crippen molar-refractivity contribution >= 4 is 63.5 Å². The van der Waals surface area contributed by atoms with Crippen LogP contribution in [0, 0.1) is 0 Å². The number of aromatic nitrogens is 2. The number of fused-ring (bicyclic) bond motifs is 2. The number of carbonyl (C=O) groups excluding carboxylic acids is 3. The Balaban J connectivity index is 1.28. The van der Waals surface area contributed by atoms with Crippen LogP contribution in [0.5, 0.6) is 0 Å². The number of hydrogen-bond donors (Lipinski definition) is 4. The molecule has 0 aliphatic carbocycles. The zero-order chi connectivity index (χ0) is 25.4. The minimum absolute atomic E-state index is 0.0726. The first kappa shape index (κ1) is 24.5. The maximum atomic E-state index is 12.9. The first-order valence-corrected chi connectivity index (χ1v) is 13.8. The van der Waals surface area contributed by atoms with Gasteiger partial charge >= 0.3 is 0 Å². The molecule has 36 heavy (non-hydrogen) atoms. The zero-order valence-corrected chi connectivity index (χ0v) is 21.1. The number of thiazole rings is 1. The van der Waals surface area contributed by atoms with Gasteiger partial charge in [-0.25, -0.2) is 4.98 Å². The predicted octanol–water partition coefficient (Wildman–Crippen LogP) is -1.51. The van der Waals surface area contributed by atoms with Crippen LogP contribution in [0.15, 0.2) is 45.0 Å². The number of aliphatic carboxylic acids is 1. The number of rotatable bonds is 7. The summed E-state index contributed by atoms with van der Waals surface area (Å²) in [6.07, 6.45) is 2.02. The van der Waals surface area contributed by atoms with Crippen LogP contribution in [-0.2, 0) is 27.5 Å². The van der Waals surface area contributed by atoms with E-state index in [9.17, 15) is 24.7 Å². The summed E-state index contributed by atoms with van der Waals surface area (Å²) in [5.41, 5.74) is 6.84. The first-order valence-electron chi connectivity index (χ1n) is 10.9. The quantitative estimate of drug-likeness (QED) is 0.0796. The number of pyridine rings is 1. The van der Waals surface area contributed by atoms with Gasteiger partial charge in [0.1, 0.15) is 17.1 Å². The van der Waals surface area contributed by atoms with Crippen LogP contribution in [0.4, 0.5) is 5.13 Å². The van der Waals surface area contributed by atoms with Gasteiger partial charge in [0.25, 0.3) is 11.8 Å². The third-order valence-corrected chi connectivity index (χ3v) is 9.05. The molecule has 0 saturated carbocycles. The van der Waals surface area contributed by atoms with Gasteiger partial charge in [-0.05, 0) is 5.57 Å². The molecule has 0 radical (unpaired) electrons. The highest BCUT2D eigenvalue weighted by atomic mass is 32.2. The van der Waals surface area contributed by atoms with Gasteiger partial charge in [0.05, 0.1) is 24.8 Å². The first-order chi connectivity index (χ1) is 17.4. The SMILES string of the molecule is Nc1nc(/C(=N/O)C(=O)NC2C(=O)N3C(C(=O)[O-])=C(CSc4cc[n+]5c(c4)CNCC5)CSC23)cs1. The minimum atomic E-state index is -1.44. The summed E-state index contributed by atoms with van der Waals surface area (Å²) in [6.45, 7) is 2.59. The molecule has 3 aliphatic rings. The largest absolute Gasteiger partial charge is 0.543 e. The molecule has 0 bridgehead atoms. The second-order valence-corrected chi connectivity index (χ2v) is 11.2. The molecule has 188 valence electrons. The van der Waals surface area contributed by atoms with Crippen molar-refractivity contribution < 1.29 is 29.3 Å². The molecule has 1 fully saturated rings. The topological polar surface area (TPSA) is 177 Å². The number of β-lactam (4-membered cyclic amide) rings is 1. The number of nitrogens with one attached hydrogen (secondary N) is 2. The molecule has 2 atom stereocenters. The summed E-state index contributed by atoms with van der Waals surface area (Å²) in [7, 11) is 0. The lowest BCUT2D eigenvalue weighted by atomic mass is 10.0. The standard InChI is InChI=1S/C21H21N7O5S3/c22-21-24-13(9-36-21)14(26-33)17(29)25-15-18(30)28-16(20(31)32)10(8-35-19(15)28)7-34-12-1-3-27-4-2-23-6-11(27)5-12/h1,3,5,9,15,19,23H,2,4,6-8H2,(H4-,22,24,25,29,31,32,33). The highest BCUT2D eigenvalue weighted by molar-refractivity contribution is 8.01. The Kier molecular flexibility index (Phi) is 6.87. The highest BCUT2D eigenvalue weighted by Gasteiger charge is 2.53. The fourth-order valence-corrected chi connectivity index (χ4v) is 7.18. The van der Waals surface area contributed by atoms with E-state index in [1.807, 2.05) is 12.3 Å². The second-order valence-electron chi connectivity index (χ2n) is 8.13. The van der Waals surface area contributed by atoms with Crippen LogP contribution in [-0.4, -0.2) is 68.1 Å². The van der Waals surface area contributed by atoms with E-state index in [0.29, 0.717) is 17.1 Å². The molecule has 2 unspecified atom stereocenters. The van der Waals surface area contributed by atoms with Gasteiger partial charge in [0.15, 0.2) is 29.3 Å². The van der Waals surface area contributed by atoms with Gasteiger partial charge in [0, 0.05) is 33.9 Å². The average molecular weight is 548 g/mol. The van der Waals surface area contributed by atoms with Gasteiger partial charge in [-0.3, -0.25) is 14.5 Å². The number of nitrogens with zero attached hydrogens (tertiary/aromatic N) is 4. The van der Waals surface area contributed by atoms with Gasteiger partial charge in [0.2, 0.25) is 0 Å². The van der Waals surface area contributed by atoms with E-state index in [4.69, 9.17) is 5.73 Å². The van der Waals surface area contributed by atoms with Crippen LogP contribution in [0.1, 0.15) is 11.4 Å². The van der Waals surface area contributed by atoms with Crippen LogP contribution < -0.4 is 26.0 Å². The number of carboxylic acid groups (broad SMARTS) is 1. The number of oxime groups is 1. The van der Waals surface area contributed by atoms with Gasteiger partial charge in [-0.2, -0.15) is 4.57 Å². The fraction of sp³-hybridized carbons (Fsp3) is 0.333. The Hall–Kier alpha value is -3.14. The summed E-state index contributed by atoms with van der Waals surface area (Å²) < 4.78 is 2.18. The zero-order valence-electron chi connectivity index (χ0n) is 18.7. The summed E-state index contributed by atoms with van der Waals surface area (Å²) >= 11 is 3.91. The molecule has 2 aromatic heterocycles. The van der Waals surface area contributed by atoms with E-state index in [1.54, 1.807) is 0 Å². The molecule has 0 spiro atoms. The molecule has 12 nitrogen and oxygen atoms in total. The fourth-order valence-electron chi connectivity index (χ4n) is 4.20. The summed E-state index contributed by atoms with van der Waals surface area (Å²) in [6, 6.07) is 3.09. The van der Waals surface area contributed by atoms with Crippen molar-refractivity contribution in [3.8, 4) is 0 Å². The average Bonchev–Trinajstić information content (AvgIpc) is 3.31. The number of amides is 2. The molecule has 3 aliphatic heterocycles. The molecular weight excluding hydrogens is 526 g/mol. The van der Waals surface area contributed by atoms with Crippen LogP contribution in [0.3, 0.4) is 0 Å². The highest BCUT2D eigenvalue weighted by Crippen LogP contribution is 2.41. The normalized spacial score (nSPS) is 21.5. The van der Waals surface area contributed by atoms with E-state index in [1.165, 1.54) is 28.9 Å². The number of thioether (sulfide) groups is 2. The predicted molar refractivity (Wildman–Crippen MR) is 131 cm³/mol. The van der Waals surface area contributed by atoms with E-state index < -0.39 is 29.2 Å². The smallest absolute Gasteiger partial charge is 0.276 e. The van der Waals surface area contributed by atoms with Crippen molar-refractivity contribution in [3.63, 3.8) is 0 Å². The Morgan fingerprint density at radius 3 is 3.03 bits per heavy atom. The third kappa shape index (κ3) is 4.54. The van der Waals surface area contributed by atoms with Gasteiger partial charge in [-0.1, -0.05) is 5.16 Å². The Morgan fingerprint density at radius 1 is 1.47 bits per heavy atom. The van der Waals surface area contributed by atoms with Crippen molar-refractivity contribution in [2.75, 3.05) is 23.8 Å². The Bertz CT molecular complexity index is 1310. The van der Waals surface area contributed by atoms with Crippen molar-refractivity contribution in [1.29, 1.82) is 0 Å². The molecule has 1 saturated heterocycles. The third-order valence-electron chi connectivity index (χ3n) is 5.95. The number of anilines is 1. The lowest BCUT2D eigenvalue weighted by Gasteiger charge is -2.50. The molecular formula is C21H21N7O5S3. The maximum Gasteiger partial charge on any atom is 0.276 e. The van der Waals surface area contributed by atoms with Gasteiger partial charge < -0.3 is 31.5 Å². The van der Waals surface area contributed by atoms with Crippen LogP contribution in [0.2, 0.25) is 0 Å². The summed E-state index contributed by atoms with van der Waals surface area (Å²) in [5, 5.41) is 31.2. The molecule has 5 heterocycles. The molecule has 2 aromatic rings. The van der Waals surface area contributed by atoms with Crippen molar-refractivity contribution in [1.82, 2.24) is 20.5 Å². The minimum Gasteiger partial charge on any atom is -0.543 e. The van der Waals surface area contributed by atoms with Crippen LogP contribution >= 0.6 is 34.9 Å². The monoisotopic (exact) mass is 547 g/mol. The number of carboxylic acids is 1. The van der Waals surface area contributed by atoms with Crippen molar-refractivity contribution in [3.05, 3.63) is 46.4 Å². The molecule has 5 N–H and O–H groups in total. The van der Waals surface area contributed by atoms with Crippen molar-refractivity contribution in [2.24, 2.45) is 5.16 Å².